The molecule has 0 atom stereocenters. The molecule has 0 radical (unpaired) electrons. The molecule has 7 nitrogen and oxygen atoms in total. The Morgan fingerprint density at radius 2 is 1.84 bits per heavy atom. The second-order valence-corrected chi connectivity index (χ2v) is 7.79. The van der Waals surface area contributed by atoms with Gasteiger partial charge in [0.1, 0.15) is 0 Å². The number of aliphatic imine (C=N–C) groups is 1. The Balaban J connectivity index is 1.34. The summed E-state index contributed by atoms with van der Waals surface area (Å²) in [6, 6.07) is 16.0. The van der Waals surface area contributed by atoms with Crippen LogP contribution in [0.1, 0.15) is 30.9 Å². The van der Waals surface area contributed by atoms with E-state index in [9.17, 15) is 9.59 Å². The first kappa shape index (κ1) is 20.9. The Morgan fingerprint density at radius 1 is 1.03 bits per heavy atom. The van der Waals surface area contributed by atoms with Gasteiger partial charge in [0.25, 0.3) is 0 Å². The first-order valence-corrected chi connectivity index (χ1v) is 11.0. The molecule has 0 bridgehead atoms. The van der Waals surface area contributed by atoms with Crippen molar-refractivity contribution in [3.8, 4) is 0 Å². The normalized spacial score (nSPS) is 15.9. The van der Waals surface area contributed by atoms with Crippen LogP contribution < -0.4 is 20.4 Å². The van der Waals surface area contributed by atoms with Crippen molar-refractivity contribution in [1.29, 1.82) is 0 Å². The SMILES string of the molecule is CCNC(=NCc1ccc(N2CCCC2=O)cc1)NCC(=O)N1CCc2ccccc21. The first-order chi connectivity index (χ1) is 15.2. The van der Waals surface area contributed by atoms with Crippen LogP contribution >= 0.6 is 0 Å². The third-order valence-electron chi connectivity index (χ3n) is 5.68. The molecule has 2 aromatic rings. The summed E-state index contributed by atoms with van der Waals surface area (Å²) in [5.41, 5.74) is 4.22. The van der Waals surface area contributed by atoms with Gasteiger partial charge in [-0.15, -0.1) is 0 Å². The van der Waals surface area contributed by atoms with E-state index in [0.29, 0.717) is 25.5 Å². The van der Waals surface area contributed by atoms with Gasteiger partial charge < -0.3 is 20.4 Å². The summed E-state index contributed by atoms with van der Waals surface area (Å²) in [5, 5.41) is 6.35. The number of hydrogen-bond acceptors (Lipinski definition) is 3. The average Bonchev–Trinajstić information content (AvgIpc) is 3.42. The third kappa shape index (κ3) is 4.87. The fourth-order valence-electron chi connectivity index (χ4n) is 4.07. The molecule has 1 fully saturated rings. The highest BCUT2D eigenvalue weighted by Gasteiger charge is 2.24. The predicted molar refractivity (Wildman–Crippen MR) is 123 cm³/mol. The molecule has 0 unspecified atom stereocenters. The van der Waals surface area contributed by atoms with Crippen LogP contribution in [0.25, 0.3) is 0 Å². The number of nitrogens with one attached hydrogen (secondary N) is 2. The minimum Gasteiger partial charge on any atom is -0.357 e. The van der Waals surface area contributed by atoms with E-state index >= 15 is 0 Å². The predicted octanol–water partition coefficient (Wildman–Crippen LogP) is 2.46. The van der Waals surface area contributed by atoms with Crippen molar-refractivity contribution in [3.05, 3.63) is 59.7 Å². The molecular weight excluding hydrogens is 390 g/mol. The van der Waals surface area contributed by atoms with Crippen LogP contribution in [-0.4, -0.2) is 44.0 Å². The van der Waals surface area contributed by atoms with Gasteiger partial charge in [-0.2, -0.15) is 0 Å². The molecule has 7 heteroatoms. The van der Waals surface area contributed by atoms with Crippen molar-refractivity contribution in [3.63, 3.8) is 0 Å². The summed E-state index contributed by atoms with van der Waals surface area (Å²) in [7, 11) is 0. The smallest absolute Gasteiger partial charge is 0.246 e. The molecule has 2 aromatic carbocycles. The second kappa shape index (κ2) is 9.64. The Kier molecular flexibility index (Phi) is 6.50. The molecule has 2 N–H and O–H groups in total. The summed E-state index contributed by atoms with van der Waals surface area (Å²) in [4.78, 5) is 32.9. The number of carbonyl (C=O) groups excluding carboxylic acids is 2. The quantitative estimate of drug-likeness (QED) is 0.557. The molecule has 162 valence electrons. The highest BCUT2D eigenvalue weighted by atomic mass is 16.2. The largest absolute Gasteiger partial charge is 0.357 e. The third-order valence-corrected chi connectivity index (χ3v) is 5.68. The first-order valence-electron chi connectivity index (χ1n) is 11.0. The Bertz CT molecular complexity index is 970. The van der Waals surface area contributed by atoms with Crippen molar-refractivity contribution in [2.24, 2.45) is 4.99 Å². The number of benzene rings is 2. The van der Waals surface area contributed by atoms with Gasteiger partial charge in [0.2, 0.25) is 11.8 Å². The van der Waals surface area contributed by atoms with E-state index in [1.165, 1.54) is 5.56 Å². The number of amides is 2. The molecule has 4 rings (SSSR count). The van der Waals surface area contributed by atoms with Crippen LogP contribution in [0.15, 0.2) is 53.5 Å². The van der Waals surface area contributed by atoms with Gasteiger partial charge in [-0.05, 0) is 49.1 Å². The van der Waals surface area contributed by atoms with Crippen molar-refractivity contribution < 1.29 is 9.59 Å². The molecule has 2 aliphatic heterocycles. The van der Waals surface area contributed by atoms with Gasteiger partial charge in [0.15, 0.2) is 5.96 Å². The number of anilines is 2. The van der Waals surface area contributed by atoms with Crippen LogP contribution in [0.3, 0.4) is 0 Å². The minimum absolute atomic E-state index is 0.0372. The van der Waals surface area contributed by atoms with E-state index in [1.807, 2.05) is 59.2 Å². The van der Waals surface area contributed by atoms with Gasteiger partial charge in [-0.3, -0.25) is 9.59 Å². The Hall–Kier alpha value is -3.35. The van der Waals surface area contributed by atoms with E-state index in [0.717, 1.165) is 42.9 Å². The number of nitrogens with zero attached hydrogens (tertiary/aromatic N) is 3. The molecule has 31 heavy (non-hydrogen) atoms. The molecule has 0 spiro atoms. The molecular formula is C24H29N5O2. The van der Waals surface area contributed by atoms with Gasteiger partial charge in [-0.25, -0.2) is 4.99 Å². The lowest BCUT2D eigenvalue weighted by atomic mass is 10.2. The van der Waals surface area contributed by atoms with Crippen LogP contribution in [0, 0.1) is 0 Å². The number of rotatable bonds is 6. The lowest BCUT2D eigenvalue weighted by Crippen LogP contribution is -2.44. The number of hydrogen-bond donors (Lipinski definition) is 2. The lowest BCUT2D eigenvalue weighted by molar-refractivity contribution is -0.118. The highest BCUT2D eigenvalue weighted by Crippen LogP contribution is 2.27. The van der Waals surface area contributed by atoms with Crippen molar-refractivity contribution in [1.82, 2.24) is 10.6 Å². The highest BCUT2D eigenvalue weighted by molar-refractivity contribution is 5.98. The van der Waals surface area contributed by atoms with Crippen LogP contribution in [0.5, 0.6) is 0 Å². The standard InChI is InChI=1S/C24H29N5O2/c1-2-25-24(27-17-23(31)29-15-13-19-6-3-4-7-21(19)29)26-16-18-9-11-20(12-10-18)28-14-5-8-22(28)30/h3-4,6-7,9-12H,2,5,8,13-17H2,1H3,(H2,25,26,27). The zero-order valence-corrected chi connectivity index (χ0v) is 17.9. The van der Waals surface area contributed by atoms with Crippen molar-refractivity contribution >= 4 is 29.1 Å². The van der Waals surface area contributed by atoms with Gasteiger partial charge in [0.05, 0.1) is 13.1 Å². The van der Waals surface area contributed by atoms with Crippen molar-refractivity contribution in [2.45, 2.75) is 32.7 Å². The maximum Gasteiger partial charge on any atom is 0.246 e. The molecule has 2 heterocycles. The van der Waals surface area contributed by atoms with Gasteiger partial charge in [-0.1, -0.05) is 30.3 Å². The molecule has 2 aliphatic rings. The van der Waals surface area contributed by atoms with E-state index < -0.39 is 0 Å². The van der Waals surface area contributed by atoms with E-state index in [4.69, 9.17) is 0 Å². The van der Waals surface area contributed by atoms with Crippen LogP contribution in [0.2, 0.25) is 0 Å². The molecule has 0 saturated carbocycles. The molecule has 2 amide bonds. The lowest BCUT2D eigenvalue weighted by Gasteiger charge is -2.19. The summed E-state index contributed by atoms with van der Waals surface area (Å²) >= 11 is 0. The molecule has 0 aromatic heterocycles. The zero-order chi connectivity index (χ0) is 21.6. The monoisotopic (exact) mass is 419 g/mol. The van der Waals surface area contributed by atoms with Crippen LogP contribution in [-0.2, 0) is 22.6 Å². The van der Waals surface area contributed by atoms with Gasteiger partial charge in [0, 0.05) is 37.4 Å². The fraction of sp³-hybridized carbons (Fsp3) is 0.375. The van der Waals surface area contributed by atoms with Crippen molar-refractivity contribution in [2.75, 3.05) is 36.0 Å². The van der Waals surface area contributed by atoms with Crippen LogP contribution in [0.4, 0.5) is 11.4 Å². The van der Waals surface area contributed by atoms with E-state index in [2.05, 4.69) is 21.7 Å². The number of fused-ring (bicyclic) bond motifs is 1. The number of para-hydroxylation sites is 1. The zero-order valence-electron chi connectivity index (χ0n) is 17.9. The summed E-state index contributed by atoms with van der Waals surface area (Å²) in [6.07, 6.45) is 2.45. The maximum absolute atomic E-state index is 12.7. The molecule has 0 aliphatic carbocycles. The summed E-state index contributed by atoms with van der Waals surface area (Å²) in [6.45, 7) is 4.90. The summed E-state index contributed by atoms with van der Waals surface area (Å²) in [5.74, 6) is 0.840. The minimum atomic E-state index is 0.0372. The number of guanidine groups is 1. The molecule has 1 saturated heterocycles. The topological polar surface area (TPSA) is 77.0 Å². The second-order valence-electron chi connectivity index (χ2n) is 7.79. The fourth-order valence-corrected chi connectivity index (χ4v) is 4.07. The summed E-state index contributed by atoms with van der Waals surface area (Å²) < 4.78 is 0. The van der Waals surface area contributed by atoms with E-state index in [1.54, 1.807) is 0 Å². The Labute approximate surface area is 183 Å². The van der Waals surface area contributed by atoms with E-state index in [-0.39, 0.29) is 18.4 Å². The maximum atomic E-state index is 12.7. The Morgan fingerprint density at radius 3 is 2.58 bits per heavy atom. The van der Waals surface area contributed by atoms with Gasteiger partial charge >= 0.3 is 0 Å². The average molecular weight is 420 g/mol. The number of carbonyl (C=O) groups is 2.